The van der Waals surface area contributed by atoms with Crippen molar-refractivity contribution in [2.24, 2.45) is 7.05 Å². The number of halogens is 2. The smallest absolute Gasteiger partial charge is 0.270 e. The molecule has 0 saturated heterocycles. The highest BCUT2D eigenvalue weighted by Crippen LogP contribution is 2.22. The molecule has 0 spiro atoms. The predicted octanol–water partition coefficient (Wildman–Crippen LogP) is 3.13. The zero-order valence-electron chi connectivity index (χ0n) is 12.8. The Bertz CT molecular complexity index is 880. The number of aryl methyl sites for hydroxylation is 1. The summed E-state index contributed by atoms with van der Waals surface area (Å²) in [6.07, 6.45) is 4.83. The first-order chi connectivity index (χ1) is 11.5. The number of amides is 1. The molecule has 1 N–H and O–H groups in total. The van der Waals surface area contributed by atoms with Crippen molar-refractivity contribution in [3.63, 3.8) is 0 Å². The molecule has 0 aliphatic rings. The van der Waals surface area contributed by atoms with E-state index < -0.39 is 11.9 Å². The number of pyridine rings is 1. The Kier molecular flexibility index (Phi) is 4.57. The zero-order chi connectivity index (χ0) is 17.1. The molecular weight excluding hydrogens is 331 g/mol. The summed E-state index contributed by atoms with van der Waals surface area (Å²) >= 11 is 5.90. The quantitative estimate of drug-likeness (QED) is 0.791. The number of nitrogens with zero attached hydrogens (tertiary/aromatic N) is 3. The van der Waals surface area contributed by atoms with E-state index in [1.54, 1.807) is 42.2 Å². The standard InChI is InChI=1S/C17H14ClFN4O/c1-23-8-7-21-16(23)15(11-3-2-4-13(19)9-11)22-17(24)14-10-12(18)5-6-20-14/h2-10,15H,1H3,(H,22,24)/t15-/m0/s1. The van der Waals surface area contributed by atoms with Crippen molar-refractivity contribution in [2.45, 2.75) is 6.04 Å². The van der Waals surface area contributed by atoms with E-state index in [1.807, 2.05) is 0 Å². The van der Waals surface area contributed by atoms with Crippen LogP contribution in [0.5, 0.6) is 0 Å². The third-order valence-corrected chi connectivity index (χ3v) is 3.76. The second kappa shape index (κ2) is 6.80. The molecule has 0 fully saturated rings. The van der Waals surface area contributed by atoms with Gasteiger partial charge in [0, 0.05) is 30.7 Å². The van der Waals surface area contributed by atoms with Crippen LogP contribution < -0.4 is 5.32 Å². The van der Waals surface area contributed by atoms with Gasteiger partial charge in [-0.1, -0.05) is 23.7 Å². The van der Waals surface area contributed by atoms with Crippen LogP contribution in [-0.4, -0.2) is 20.4 Å². The number of hydrogen-bond donors (Lipinski definition) is 1. The molecule has 2 aromatic heterocycles. The highest BCUT2D eigenvalue weighted by atomic mass is 35.5. The van der Waals surface area contributed by atoms with E-state index in [9.17, 15) is 9.18 Å². The Morgan fingerprint density at radius 1 is 1.25 bits per heavy atom. The lowest BCUT2D eigenvalue weighted by molar-refractivity contribution is 0.0936. The van der Waals surface area contributed by atoms with Gasteiger partial charge < -0.3 is 9.88 Å². The van der Waals surface area contributed by atoms with Crippen molar-refractivity contribution in [3.8, 4) is 0 Å². The number of aromatic nitrogens is 3. The molecule has 0 aliphatic carbocycles. The van der Waals surface area contributed by atoms with E-state index in [1.165, 1.54) is 24.4 Å². The minimum absolute atomic E-state index is 0.179. The third-order valence-electron chi connectivity index (χ3n) is 3.53. The summed E-state index contributed by atoms with van der Waals surface area (Å²) in [5, 5.41) is 3.25. The van der Waals surface area contributed by atoms with Gasteiger partial charge in [-0.15, -0.1) is 0 Å². The number of carbonyl (C=O) groups excluding carboxylic acids is 1. The molecule has 3 aromatic rings. The average Bonchev–Trinajstić information content (AvgIpc) is 2.98. The van der Waals surface area contributed by atoms with Crippen LogP contribution in [0.15, 0.2) is 55.0 Å². The van der Waals surface area contributed by atoms with Gasteiger partial charge in [-0.3, -0.25) is 9.78 Å². The van der Waals surface area contributed by atoms with Crippen molar-refractivity contribution < 1.29 is 9.18 Å². The Morgan fingerprint density at radius 2 is 2.08 bits per heavy atom. The maximum Gasteiger partial charge on any atom is 0.270 e. The molecule has 0 unspecified atom stereocenters. The third kappa shape index (κ3) is 3.44. The van der Waals surface area contributed by atoms with Crippen LogP contribution in [0.1, 0.15) is 27.9 Å². The predicted molar refractivity (Wildman–Crippen MR) is 88.2 cm³/mol. The van der Waals surface area contributed by atoms with Crippen molar-refractivity contribution in [2.75, 3.05) is 0 Å². The molecular formula is C17H14ClFN4O. The van der Waals surface area contributed by atoms with Gasteiger partial charge in [0.1, 0.15) is 23.4 Å². The number of benzene rings is 1. The summed E-state index contributed by atoms with van der Waals surface area (Å²) in [5.41, 5.74) is 0.762. The molecule has 0 radical (unpaired) electrons. The van der Waals surface area contributed by atoms with E-state index in [0.29, 0.717) is 16.4 Å². The summed E-state index contributed by atoms with van der Waals surface area (Å²) < 4.78 is 15.4. The highest BCUT2D eigenvalue weighted by molar-refractivity contribution is 6.30. The second-order valence-corrected chi connectivity index (χ2v) is 5.65. The molecule has 1 aromatic carbocycles. The minimum atomic E-state index is -0.617. The van der Waals surface area contributed by atoms with E-state index in [4.69, 9.17) is 11.6 Å². The van der Waals surface area contributed by atoms with Crippen molar-refractivity contribution >= 4 is 17.5 Å². The molecule has 1 atom stereocenters. The monoisotopic (exact) mass is 344 g/mol. The van der Waals surface area contributed by atoms with Crippen LogP contribution in [0.3, 0.4) is 0 Å². The fourth-order valence-corrected chi connectivity index (χ4v) is 2.53. The van der Waals surface area contributed by atoms with Gasteiger partial charge >= 0.3 is 0 Å². The first-order valence-electron chi connectivity index (χ1n) is 7.19. The van der Waals surface area contributed by atoms with Gasteiger partial charge in [0.25, 0.3) is 5.91 Å². The van der Waals surface area contributed by atoms with Crippen molar-refractivity contribution in [1.82, 2.24) is 19.9 Å². The van der Waals surface area contributed by atoms with Crippen LogP contribution in [0, 0.1) is 5.82 Å². The van der Waals surface area contributed by atoms with Crippen LogP contribution in [-0.2, 0) is 7.05 Å². The zero-order valence-corrected chi connectivity index (χ0v) is 13.5. The summed E-state index contributed by atoms with van der Waals surface area (Å²) in [4.78, 5) is 20.8. The van der Waals surface area contributed by atoms with Gasteiger partial charge in [-0.2, -0.15) is 0 Å². The maximum atomic E-state index is 13.6. The number of carbonyl (C=O) groups is 1. The molecule has 3 rings (SSSR count). The second-order valence-electron chi connectivity index (χ2n) is 5.22. The lowest BCUT2D eigenvalue weighted by Gasteiger charge is -2.19. The fourth-order valence-electron chi connectivity index (χ4n) is 2.37. The Balaban J connectivity index is 1.96. The van der Waals surface area contributed by atoms with E-state index >= 15 is 0 Å². The molecule has 5 nitrogen and oxygen atoms in total. The normalized spacial score (nSPS) is 12.0. The SMILES string of the molecule is Cn1ccnc1[C@@H](NC(=O)c1cc(Cl)ccn1)c1cccc(F)c1. The molecule has 1 amide bonds. The summed E-state index contributed by atoms with van der Waals surface area (Å²) in [5.74, 6) is -0.229. The van der Waals surface area contributed by atoms with Gasteiger partial charge in [0.2, 0.25) is 0 Å². The van der Waals surface area contributed by atoms with Gasteiger partial charge in [-0.25, -0.2) is 9.37 Å². The van der Waals surface area contributed by atoms with Gasteiger partial charge in [-0.05, 0) is 29.8 Å². The van der Waals surface area contributed by atoms with Gasteiger partial charge in [0.05, 0.1) is 0 Å². The van der Waals surface area contributed by atoms with Crippen molar-refractivity contribution in [1.29, 1.82) is 0 Å². The number of rotatable bonds is 4. The fraction of sp³-hybridized carbons (Fsp3) is 0.118. The largest absolute Gasteiger partial charge is 0.337 e. The molecule has 2 heterocycles. The van der Waals surface area contributed by atoms with Gasteiger partial charge in [0.15, 0.2) is 0 Å². The number of hydrogen-bond acceptors (Lipinski definition) is 3. The molecule has 0 saturated carbocycles. The first-order valence-corrected chi connectivity index (χ1v) is 7.57. The first kappa shape index (κ1) is 16.1. The molecule has 7 heteroatoms. The molecule has 24 heavy (non-hydrogen) atoms. The highest BCUT2D eigenvalue weighted by Gasteiger charge is 2.22. The molecule has 0 bridgehead atoms. The van der Waals surface area contributed by atoms with Crippen LogP contribution >= 0.6 is 11.6 Å². The minimum Gasteiger partial charge on any atom is -0.337 e. The Hall–Kier alpha value is -2.73. The van der Waals surface area contributed by atoms with E-state index in [2.05, 4.69) is 15.3 Å². The Labute approximate surface area is 143 Å². The molecule has 122 valence electrons. The average molecular weight is 345 g/mol. The Morgan fingerprint density at radius 3 is 2.75 bits per heavy atom. The van der Waals surface area contributed by atoms with Crippen LogP contribution in [0.25, 0.3) is 0 Å². The lowest BCUT2D eigenvalue weighted by Crippen LogP contribution is -2.31. The maximum absolute atomic E-state index is 13.6. The lowest BCUT2D eigenvalue weighted by atomic mass is 10.1. The topological polar surface area (TPSA) is 59.8 Å². The summed E-state index contributed by atoms with van der Waals surface area (Å²) in [7, 11) is 1.80. The van der Waals surface area contributed by atoms with E-state index in [0.717, 1.165) is 0 Å². The van der Waals surface area contributed by atoms with Crippen molar-refractivity contribution in [3.05, 3.63) is 82.9 Å². The number of nitrogens with one attached hydrogen (secondary N) is 1. The van der Waals surface area contributed by atoms with E-state index in [-0.39, 0.29) is 11.5 Å². The summed E-state index contributed by atoms with van der Waals surface area (Å²) in [6.45, 7) is 0. The van der Waals surface area contributed by atoms with Crippen LogP contribution in [0.2, 0.25) is 5.02 Å². The number of imidazole rings is 1. The van der Waals surface area contributed by atoms with Crippen LogP contribution in [0.4, 0.5) is 4.39 Å². The molecule has 0 aliphatic heterocycles. The summed E-state index contributed by atoms with van der Waals surface area (Å²) in [6, 6.07) is 8.47.